The first-order valence-corrected chi connectivity index (χ1v) is 8.50. The summed E-state index contributed by atoms with van der Waals surface area (Å²) in [4.78, 5) is 11.9. The van der Waals surface area contributed by atoms with Crippen molar-refractivity contribution in [3.8, 4) is 0 Å². The molecule has 2 unspecified atom stereocenters. The van der Waals surface area contributed by atoms with Crippen LogP contribution in [-0.4, -0.2) is 29.0 Å². The normalized spacial score (nSPS) is 22.4. The zero-order chi connectivity index (χ0) is 14.1. The molecule has 2 heterocycles. The Morgan fingerprint density at radius 2 is 2.30 bits per heavy atom. The van der Waals surface area contributed by atoms with E-state index < -0.39 is 5.97 Å². The van der Waals surface area contributed by atoms with Crippen molar-refractivity contribution >= 4 is 39.2 Å². The number of hydrogen-bond acceptors (Lipinski definition) is 4. The predicted octanol–water partition coefficient (Wildman–Crippen LogP) is 4.01. The summed E-state index contributed by atoms with van der Waals surface area (Å²) in [6, 6.07) is 7.93. The van der Waals surface area contributed by atoms with Gasteiger partial charge in [0, 0.05) is 22.3 Å². The van der Waals surface area contributed by atoms with Gasteiger partial charge in [-0.05, 0) is 30.4 Å². The maximum absolute atomic E-state index is 11.4. The van der Waals surface area contributed by atoms with Gasteiger partial charge in [-0.3, -0.25) is 0 Å². The molecule has 0 aliphatic carbocycles. The topological polar surface area (TPSA) is 46.5 Å². The summed E-state index contributed by atoms with van der Waals surface area (Å²) in [7, 11) is 0. The number of carbonyl (C=O) groups is 1. The SMILES string of the molecule is CC1OCCC1SCc1c(C(=O)O)sc2ccccc12. The summed E-state index contributed by atoms with van der Waals surface area (Å²) in [5.74, 6) is -0.0816. The molecule has 1 aromatic heterocycles. The zero-order valence-electron chi connectivity index (χ0n) is 11.2. The summed E-state index contributed by atoms with van der Waals surface area (Å²) in [5, 5.41) is 10.9. The zero-order valence-corrected chi connectivity index (χ0v) is 12.8. The molecule has 2 atom stereocenters. The number of ether oxygens (including phenoxy) is 1. The molecule has 3 rings (SSSR count). The van der Waals surface area contributed by atoms with E-state index in [0.29, 0.717) is 10.1 Å². The molecule has 0 amide bonds. The summed E-state index contributed by atoms with van der Waals surface area (Å²) in [5.41, 5.74) is 0.960. The third-order valence-corrected chi connectivity index (χ3v) is 6.34. The lowest BCUT2D eigenvalue weighted by molar-refractivity contribution is 0.0701. The van der Waals surface area contributed by atoms with Gasteiger partial charge < -0.3 is 9.84 Å². The van der Waals surface area contributed by atoms with Crippen molar-refractivity contribution in [1.29, 1.82) is 0 Å². The molecule has 0 bridgehead atoms. The minimum Gasteiger partial charge on any atom is -0.477 e. The summed E-state index contributed by atoms with van der Waals surface area (Å²) in [6.07, 6.45) is 1.31. The lowest BCUT2D eigenvalue weighted by Gasteiger charge is -2.13. The van der Waals surface area contributed by atoms with Crippen LogP contribution in [0, 0.1) is 0 Å². The average molecular weight is 308 g/mol. The molecule has 1 aliphatic heterocycles. The van der Waals surface area contributed by atoms with Crippen LogP contribution in [0.4, 0.5) is 0 Å². The molecule has 106 valence electrons. The minimum atomic E-state index is -0.822. The molecular formula is C15H16O3S2. The first-order valence-electron chi connectivity index (χ1n) is 6.63. The van der Waals surface area contributed by atoms with Crippen LogP contribution < -0.4 is 0 Å². The van der Waals surface area contributed by atoms with Crippen molar-refractivity contribution in [2.24, 2.45) is 0 Å². The smallest absolute Gasteiger partial charge is 0.346 e. The molecule has 1 aromatic carbocycles. The first-order chi connectivity index (χ1) is 9.66. The van der Waals surface area contributed by atoms with Crippen molar-refractivity contribution in [2.45, 2.75) is 30.5 Å². The largest absolute Gasteiger partial charge is 0.477 e. The van der Waals surface area contributed by atoms with Crippen LogP contribution in [0.5, 0.6) is 0 Å². The standard InChI is InChI=1S/C15H16O3S2/c1-9-12(6-7-18-9)19-8-11-10-4-2-3-5-13(10)20-14(11)15(16)17/h2-5,9,12H,6-8H2,1H3,(H,16,17). The highest BCUT2D eigenvalue weighted by Crippen LogP contribution is 2.36. The van der Waals surface area contributed by atoms with E-state index in [1.807, 2.05) is 36.0 Å². The predicted molar refractivity (Wildman–Crippen MR) is 83.9 cm³/mol. The Labute approximate surface area is 125 Å². The number of thiophene rings is 1. The number of carboxylic acid groups (broad SMARTS) is 1. The van der Waals surface area contributed by atoms with Gasteiger partial charge in [0.05, 0.1) is 6.10 Å². The quantitative estimate of drug-likeness (QED) is 0.927. The summed E-state index contributed by atoms with van der Waals surface area (Å²) < 4.78 is 6.62. The Balaban J connectivity index is 1.89. The maximum Gasteiger partial charge on any atom is 0.346 e. The van der Waals surface area contributed by atoms with Gasteiger partial charge in [0.25, 0.3) is 0 Å². The van der Waals surface area contributed by atoms with Crippen LogP contribution in [0.1, 0.15) is 28.6 Å². The van der Waals surface area contributed by atoms with Gasteiger partial charge in [0.2, 0.25) is 0 Å². The monoisotopic (exact) mass is 308 g/mol. The van der Waals surface area contributed by atoms with Crippen LogP contribution in [0.25, 0.3) is 10.1 Å². The lowest BCUT2D eigenvalue weighted by atomic mass is 10.1. The summed E-state index contributed by atoms with van der Waals surface area (Å²) in [6.45, 7) is 2.91. The molecule has 2 aromatic rings. The van der Waals surface area contributed by atoms with E-state index in [4.69, 9.17) is 4.74 Å². The fourth-order valence-electron chi connectivity index (χ4n) is 2.54. The third kappa shape index (κ3) is 2.57. The Morgan fingerprint density at radius 1 is 1.50 bits per heavy atom. The van der Waals surface area contributed by atoms with Crippen LogP contribution >= 0.6 is 23.1 Å². The Kier molecular flexibility index (Phi) is 4.01. The lowest BCUT2D eigenvalue weighted by Crippen LogP contribution is -2.13. The van der Waals surface area contributed by atoms with Gasteiger partial charge in [-0.2, -0.15) is 11.8 Å². The molecule has 3 nitrogen and oxygen atoms in total. The molecule has 1 fully saturated rings. The van der Waals surface area contributed by atoms with E-state index >= 15 is 0 Å². The van der Waals surface area contributed by atoms with Gasteiger partial charge in [0.1, 0.15) is 4.88 Å². The van der Waals surface area contributed by atoms with Gasteiger partial charge in [0.15, 0.2) is 0 Å². The van der Waals surface area contributed by atoms with Crippen LogP contribution in [0.3, 0.4) is 0 Å². The van der Waals surface area contributed by atoms with E-state index in [1.165, 1.54) is 11.3 Å². The highest BCUT2D eigenvalue weighted by molar-refractivity contribution is 7.99. The fraction of sp³-hybridized carbons (Fsp3) is 0.400. The average Bonchev–Trinajstić information content (AvgIpc) is 3.00. The molecule has 0 radical (unpaired) electrons. The number of benzene rings is 1. The molecule has 1 N–H and O–H groups in total. The second-order valence-electron chi connectivity index (χ2n) is 4.93. The molecule has 5 heteroatoms. The van der Waals surface area contributed by atoms with Crippen molar-refractivity contribution in [2.75, 3.05) is 6.61 Å². The fourth-order valence-corrected chi connectivity index (χ4v) is 4.98. The Morgan fingerprint density at radius 3 is 3.00 bits per heavy atom. The van der Waals surface area contributed by atoms with E-state index in [9.17, 15) is 9.90 Å². The second kappa shape index (κ2) is 5.76. The van der Waals surface area contributed by atoms with Gasteiger partial charge in [-0.1, -0.05) is 18.2 Å². The molecule has 1 saturated heterocycles. The van der Waals surface area contributed by atoms with Crippen molar-refractivity contribution in [3.05, 3.63) is 34.7 Å². The maximum atomic E-state index is 11.4. The van der Waals surface area contributed by atoms with E-state index in [0.717, 1.165) is 34.4 Å². The molecule has 0 spiro atoms. The minimum absolute atomic E-state index is 0.262. The number of fused-ring (bicyclic) bond motifs is 1. The van der Waals surface area contributed by atoms with Crippen LogP contribution in [0.15, 0.2) is 24.3 Å². The third-order valence-electron chi connectivity index (χ3n) is 3.64. The van der Waals surface area contributed by atoms with E-state index in [2.05, 4.69) is 6.92 Å². The van der Waals surface area contributed by atoms with Crippen molar-refractivity contribution in [3.63, 3.8) is 0 Å². The van der Waals surface area contributed by atoms with Crippen molar-refractivity contribution in [1.82, 2.24) is 0 Å². The Bertz CT molecular complexity index is 635. The number of thioether (sulfide) groups is 1. The highest BCUT2D eigenvalue weighted by atomic mass is 32.2. The van der Waals surface area contributed by atoms with E-state index in [1.54, 1.807) is 0 Å². The molecule has 0 saturated carbocycles. The van der Waals surface area contributed by atoms with Gasteiger partial charge >= 0.3 is 5.97 Å². The highest BCUT2D eigenvalue weighted by Gasteiger charge is 2.26. The molecule has 20 heavy (non-hydrogen) atoms. The van der Waals surface area contributed by atoms with Crippen molar-refractivity contribution < 1.29 is 14.6 Å². The number of rotatable bonds is 4. The number of aromatic carboxylic acids is 1. The van der Waals surface area contributed by atoms with Crippen LogP contribution in [0.2, 0.25) is 0 Å². The number of carboxylic acids is 1. The van der Waals surface area contributed by atoms with Gasteiger partial charge in [-0.25, -0.2) is 4.79 Å². The van der Waals surface area contributed by atoms with E-state index in [-0.39, 0.29) is 6.10 Å². The molecular weight excluding hydrogens is 292 g/mol. The van der Waals surface area contributed by atoms with Gasteiger partial charge in [-0.15, -0.1) is 11.3 Å². The molecule has 1 aliphatic rings. The number of hydrogen-bond donors (Lipinski definition) is 1. The van der Waals surface area contributed by atoms with Crippen LogP contribution in [-0.2, 0) is 10.5 Å². The summed E-state index contributed by atoms with van der Waals surface area (Å²) >= 11 is 3.19. The second-order valence-corrected chi connectivity index (χ2v) is 7.20. The first kappa shape index (κ1) is 13.9. The Hall–Kier alpha value is -1.04.